The van der Waals surface area contributed by atoms with Crippen molar-refractivity contribution in [2.24, 2.45) is 11.7 Å². The quantitative estimate of drug-likeness (QED) is 0.900. The lowest BCUT2D eigenvalue weighted by Gasteiger charge is -2.37. The molecule has 1 aliphatic rings. The summed E-state index contributed by atoms with van der Waals surface area (Å²) < 4.78 is 5.31. The Morgan fingerprint density at radius 1 is 1.32 bits per heavy atom. The Bertz CT molecular complexity index is 544. The summed E-state index contributed by atoms with van der Waals surface area (Å²) in [4.78, 5) is 25.6. The third kappa shape index (κ3) is 3.78. The van der Waals surface area contributed by atoms with Crippen LogP contribution in [0.3, 0.4) is 0 Å². The second-order valence-corrected chi connectivity index (χ2v) is 5.88. The molecule has 22 heavy (non-hydrogen) atoms. The molecule has 1 heterocycles. The molecule has 1 fully saturated rings. The van der Waals surface area contributed by atoms with Crippen LogP contribution in [-0.2, 0) is 16.0 Å². The molecule has 0 aliphatic carbocycles. The minimum absolute atomic E-state index is 0.0735. The van der Waals surface area contributed by atoms with E-state index in [1.807, 2.05) is 31.2 Å². The highest BCUT2D eigenvalue weighted by Gasteiger charge is 2.31. The summed E-state index contributed by atoms with van der Waals surface area (Å²) in [7, 11) is 1.63. The smallest absolute Gasteiger partial charge is 0.223 e. The van der Waals surface area contributed by atoms with Crippen LogP contribution in [0.4, 0.5) is 0 Å². The molecule has 0 aromatic heterocycles. The zero-order chi connectivity index (χ0) is 16.1. The summed E-state index contributed by atoms with van der Waals surface area (Å²) in [6.07, 6.45) is 2.64. The van der Waals surface area contributed by atoms with E-state index >= 15 is 0 Å². The Morgan fingerprint density at radius 3 is 2.73 bits per heavy atom. The van der Waals surface area contributed by atoms with Gasteiger partial charge in [0, 0.05) is 19.0 Å². The molecule has 120 valence electrons. The van der Waals surface area contributed by atoms with Gasteiger partial charge in [0.15, 0.2) is 0 Å². The van der Waals surface area contributed by atoms with Crippen LogP contribution < -0.4 is 10.5 Å². The van der Waals surface area contributed by atoms with Crippen LogP contribution in [0.15, 0.2) is 24.3 Å². The van der Waals surface area contributed by atoms with Crippen LogP contribution in [0.2, 0.25) is 0 Å². The number of benzene rings is 1. The van der Waals surface area contributed by atoms with Crippen molar-refractivity contribution in [3.8, 4) is 5.75 Å². The average molecular weight is 304 g/mol. The Hall–Kier alpha value is -2.04. The fourth-order valence-electron chi connectivity index (χ4n) is 2.98. The fraction of sp³-hybridized carbons (Fsp3) is 0.529. The molecule has 0 unspecified atom stereocenters. The van der Waals surface area contributed by atoms with E-state index in [9.17, 15) is 9.59 Å². The van der Waals surface area contributed by atoms with Gasteiger partial charge in [-0.1, -0.05) is 18.2 Å². The largest absolute Gasteiger partial charge is 0.496 e. The normalized spacial score (nSPS) is 21.5. The second kappa shape index (κ2) is 7.29. The molecular formula is C17H24N2O3. The molecule has 2 N–H and O–H groups in total. The van der Waals surface area contributed by atoms with Gasteiger partial charge in [-0.25, -0.2) is 0 Å². The van der Waals surface area contributed by atoms with Crippen molar-refractivity contribution in [3.05, 3.63) is 29.8 Å². The van der Waals surface area contributed by atoms with E-state index < -0.39 is 0 Å². The maximum absolute atomic E-state index is 12.5. The van der Waals surface area contributed by atoms with Crippen molar-refractivity contribution in [1.29, 1.82) is 0 Å². The highest BCUT2D eigenvalue weighted by molar-refractivity contribution is 5.80. The van der Waals surface area contributed by atoms with Gasteiger partial charge in [0.1, 0.15) is 5.75 Å². The van der Waals surface area contributed by atoms with Crippen LogP contribution in [0.25, 0.3) is 0 Å². The summed E-state index contributed by atoms with van der Waals surface area (Å²) in [5, 5.41) is 0. The molecule has 2 amide bonds. The van der Waals surface area contributed by atoms with E-state index in [1.54, 1.807) is 12.0 Å². The first kappa shape index (κ1) is 16.3. The van der Waals surface area contributed by atoms with Gasteiger partial charge in [-0.05, 0) is 37.8 Å². The van der Waals surface area contributed by atoms with Gasteiger partial charge in [-0.3, -0.25) is 9.59 Å². The molecule has 2 rings (SSSR count). The molecule has 0 spiro atoms. The molecule has 0 saturated carbocycles. The van der Waals surface area contributed by atoms with E-state index in [2.05, 4.69) is 0 Å². The first-order chi connectivity index (χ1) is 10.5. The molecule has 2 atom stereocenters. The van der Waals surface area contributed by atoms with E-state index in [0.29, 0.717) is 19.4 Å². The Morgan fingerprint density at radius 2 is 2.05 bits per heavy atom. The standard InChI is InChI=1S/C17H24N2O3/c1-12-7-8-14(17(18)21)11-19(12)16(20)10-9-13-5-3-4-6-15(13)22-2/h3-6,12,14H,7-11H2,1-2H3,(H2,18,21)/t12-,14-/m0/s1. The number of nitrogens with zero attached hydrogens (tertiary/aromatic N) is 1. The molecule has 5 nitrogen and oxygen atoms in total. The van der Waals surface area contributed by atoms with Crippen molar-refractivity contribution in [3.63, 3.8) is 0 Å². The first-order valence-corrected chi connectivity index (χ1v) is 7.73. The maximum Gasteiger partial charge on any atom is 0.223 e. The Kier molecular flexibility index (Phi) is 5.41. The highest BCUT2D eigenvalue weighted by atomic mass is 16.5. The minimum atomic E-state index is -0.311. The number of piperidine rings is 1. The zero-order valence-corrected chi connectivity index (χ0v) is 13.2. The summed E-state index contributed by atoms with van der Waals surface area (Å²) in [5.74, 6) is 0.349. The molecule has 0 radical (unpaired) electrons. The number of rotatable bonds is 5. The SMILES string of the molecule is COc1ccccc1CCC(=O)N1C[C@@H](C(N)=O)CC[C@@H]1C. The zero-order valence-electron chi connectivity index (χ0n) is 13.2. The molecule has 1 aliphatic heterocycles. The molecule has 1 aromatic carbocycles. The van der Waals surface area contributed by atoms with Gasteiger partial charge < -0.3 is 15.4 Å². The third-order valence-electron chi connectivity index (χ3n) is 4.41. The lowest BCUT2D eigenvalue weighted by Crippen LogP contribution is -2.48. The number of amides is 2. The van der Waals surface area contributed by atoms with Crippen LogP contribution >= 0.6 is 0 Å². The van der Waals surface area contributed by atoms with Crippen LogP contribution in [0.5, 0.6) is 5.75 Å². The molecular weight excluding hydrogens is 280 g/mol. The third-order valence-corrected chi connectivity index (χ3v) is 4.41. The maximum atomic E-state index is 12.5. The lowest BCUT2D eigenvalue weighted by atomic mass is 9.92. The average Bonchev–Trinajstić information content (AvgIpc) is 2.53. The lowest BCUT2D eigenvalue weighted by molar-refractivity contribution is -0.137. The number of primary amides is 1. The number of para-hydroxylation sites is 1. The van der Waals surface area contributed by atoms with Gasteiger partial charge >= 0.3 is 0 Å². The number of carbonyl (C=O) groups is 2. The number of hydrogen-bond acceptors (Lipinski definition) is 3. The molecule has 0 bridgehead atoms. The predicted octanol–water partition coefficient (Wildman–Crippen LogP) is 1.74. The number of nitrogens with two attached hydrogens (primary N) is 1. The van der Waals surface area contributed by atoms with Gasteiger partial charge in [-0.2, -0.15) is 0 Å². The summed E-state index contributed by atoms with van der Waals surface area (Å²) >= 11 is 0. The summed E-state index contributed by atoms with van der Waals surface area (Å²) in [5.41, 5.74) is 6.41. The Labute approximate surface area is 131 Å². The minimum Gasteiger partial charge on any atom is -0.496 e. The van der Waals surface area contributed by atoms with Gasteiger partial charge in [0.25, 0.3) is 0 Å². The number of carbonyl (C=O) groups excluding carboxylic acids is 2. The predicted molar refractivity (Wildman–Crippen MR) is 84.4 cm³/mol. The van der Waals surface area contributed by atoms with E-state index in [1.165, 1.54) is 0 Å². The summed E-state index contributed by atoms with van der Waals surface area (Å²) in [6.45, 7) is 2.47. The number of aryl methyl sites for hydroxylation is 1. The molecule has 5 heteroatoms. The Balaban J connectivity index is 1.97. The topological polar surface area (TPSA) is 72.6 Å². The van der Waals surface area contributed by atoms with E-state index in [-0.39, 0.29) is 23.8 Å². The first-order valence-electron chi connectivity index (χ1n) is 7.73. The van der Waals surface area contributed by atoms with Crippen LogP contribution in [0.1, 0.15) is 31.7 Å². The van der Waals surface area contributed by atoms with Crippen molar-refractivity contribution >= 4 is 11.8 Å². The van der Waals surface area contributed by atoms with Crippen molar-refractivity contribution in [1.82, 2.24) is 4.90 Å². The molecule has 1 aromatic rings. The van der Waals surface area contributed by atoms with Crippen molar-refractivity contribution in [2.45, 2.75) is 38.6 Å². The van der Waals surface area contributed by atoms with Gasteiger partial charge in [-0.15, -0.1) is 0 Å². The molecule has 1 saturated heterocycles. The second-order valence-electron chi connectivity index (χ2n) is 5.88. The highest BCUT2D eigenvalue weighted by Crippen LogP contribution is 2.24. The fourth-order valence-corrected chi connectivity index (χ4v) is 2.98. The number of ether oxygens (including phenoxy) is 1. The van der Waals surface area contributed by atoms with E-state index in [0.717, 1.165) is 24.2 Å². The van der Waals surface area contributed by atoms with Crippen molar-refractivity contribution < 1.29 is 14.3 Å². The number of methoxy groups -OCH3 is 1. The summed E-state index contributed by atoms with van der Waals surface area (Å²) in [6, 6.07) is 7.88. The monoisotopic (exact) mass is 304 g/mol. The number of hydrogen-bond donors (Lipinski definition) is 1. The van der Waals surface area contributed by atoms with Crippen LogP contribution in [0, 0.1) is 5.92 Å². The number of likely N-dealkylation sites (tertiary alicyclic amines) is 1. The van der Waals surface area contributed by atoms with Crippen LogP contribution in [-0.4, -0.2) is 36.4 Å². The van der Waals surface area contributed by atoms with Gasteiger partial charge in [0.2, 0.25) is 11.8 Å². The van der Waals surface area contributed by atoms with Crippen molar-refractivity contribution in [2.75, 3.05) is 13.7 Å². The van der Waals surface area contributed by atoms with Gasteiger partial charge in [0.05, 0.1) is 13.0 Å². The van der Waals surface area contributed by atoms with E-state index in [4.69, 9.17) is 10.5 Å².